The van der Waals surface area contributed by atoms with Crippen molar-refractivity contribution in [1.29, 1.82) is 0 Å². The predicted octanol–water partition coefficient (Wildman–Crippen LogP) is 4.77. The molecule has 0 amide bonds. The van der Waals surface area contributed by atoms with Crippen molar-refractivity contribution in [3.8, 4) is 11.4 Å². The number of furan rings is 1. The normalized spacial score (nSPS) is 14.0. The third-order valence-electron chi connectivity index (χ3n) is 4.54. The number of aromatic nitrogens is 5. The maximum absolute atomic E-state index is 5.57. The molecule has 1 aliphatic carbocycles. The average molecular weight is 396 g/mol. The van der Waals surface area contributed by atoms with Gasteiger partial charge in [0.2, 0.25) is 0 Å². The summed E-state index contributed by atoms with van der Waals surface area (Å²) in [5.74, 6) is 3.22. The predicted molar refractivity (Wildman–Crippen MR) is 104 cm³/mol. The molecule has 8 heteroatoms. The highest BCUT2D eigenvalue weighted by atomic mass is 32.2. The minimum absolute atomic E-state index is 0.555. The lowest BCUT2D eigenvalue weighted by atomic mass is 10.1. The van der Waals surface area contributed by atoms with E-state index >= 15 is 0 Å². The van der Waals surface area contributed by atoms with E-state index in [1.807, 2.05) is 24.3 Å². The van der Waals surface area contributed by atoms with Crippen LogP contribution in [0.1, 0.15) is 35.9 Å². The second kappa shape index (κ2) is 6.94. The van der Waals surface area contributed by atoms with Gasteiger partial charge in [-0.05, 0) is 60.8 Å². The van der Waals surface area contributed by atoms with Crippen molar-refractivity contribution in [3.05, 3.63) is 59.8 Å². The van der Waals surface area contributed by atoms with Crippen molar-refractivity contribution in [2.24, 2.45) is 0 Å². The summed E-state index contributed by atoms with van der Waals surface area (Å²) in [5.41, 5.74) is 2.23. The summed E-state index contributed by atoms with van der Waals surface area (Å²) in [7, 11) is 0. The molecule has 0 saturated heterocycles. The molecule has 0 N–H and O–H groups in total. The van der Waals surface area contributed by atoms with Crippen LogP contribution in [0.4, 0.5) is 0 Å². The SMILES string of the molecule is Cc1ccccc1-c1nnc(Sc2nc(C3CC3)ns2)n1Cc1ccco1. The van der Waals surface area contributed by atoms with Gasteiger partial charge in [0, 0.05) is 11.5 Å². The van der Waals surface area contributed by atoms with Gasteiger partial charge in [-0.3, -0.25) is 4.57 Å². The van der Waals surface area contributed by atoms with Crippen LogP contribution in [0.5, 0.6) is 0 Å². The van der Waals surface area contributed by atoms with Gasteiger partial charge >= 0.3 is 0 Å². The van der Waals surface area contributed by atoms with E-state index in [0.717, 1.165) is 38.0 Å². The van der Waals surface area contributed by atoms with E-state index in [1.54, 1.807) is 6.26 Å². The third-order valence-corrected chi connectivity index (χ3v) is 6.29. The van der Waals surface area contributed by atoms with Gasteiger partial charge in [-0.15, -0.1) is 10.2 Å². The minimum Gasteiger partial charge on any atom is -0.467 e. The molecule has 136 valence electrons. The Labute approximate surface area is 164 Å². The summed E-state index contributed by atoms with van der Waals surface area (Å²) >= 11 is 2.95. The van der Waals surface area contributed by atoms with Crippen LogP contribution in [-0.2, 0) is 6.54 Å². The number of hydrogen-bond acceptors (Lipinski definition) is 7. The molecule has 0 bridgehead atoms. The first-order valence-corrected chi connectivity index (χ1v) is 10.4. The summed E-state index contributed by atoms with van der Waals surface area (Å²) in [4.78, 5) is 4.67. The molecule has 0 atom stereocenters. The number of rotatable bonds is 6. The van der Waals surface area contributed by atoms with Crippen molar-refractivity contribution in [2.45, 2.75) is 41.7 Å². The minimum atomic E-state index is 0.555. The van der Waals surface area contributed by atoms with E-state index in [2.05, 4.69) is 43.2 Å². The first-order chi connectivity index (χ1) is 13.3. The van der Waals surface area contributed by atoms with Crippen molar-refractivity contribution < 1.29 is 4.42 Å². The summed E-state index contributed by atoms with van der Waals surface area (Å²) in [6.07, 6.45) is 4.09. The van der Waals surface area contributed by atoms with Gasteiger partial charge in [0.1, 0.15) is 11.6 Å². The molecular weight excluding hydrogens is 378 g/mol. The highest BCUT2D eigenvalue weighted by Gasteiger charge is 2.28. The molecule has 0 radical (unpaired) electrons. The van der Waals surface area contributed by atoms with Crippen LogP contribution < -0.4 is 0 Å². The molecule has 1 fully saturated rings. The van der Waals surface area contributed by atoms with Crippen molar-refractivity contribution in [3.63, 3.8) is 0 Å². The fraction of sp³-hybridized carbons (Fsp3) is 0.263. The van der Waals surface area contributed by atoms with Gasteiger partial charge in [0.15, 0.2) is 15.3 Å². The van der Waals surface area contributed by atoms with Crippen molar-refractivity contribution in [1.82, 2.24) is 24.1 Å². The second-order valence-electron chi connectivity index (χ2n) is 6.58. The van der Waals surface area contributed by atoms with E-state index in [1.165, 1.54) is 36.1 Å². The molecule has 1 saturated carbocycles. The van der Waals surface area contributed by atoms with Crippen LogP contribution in [0, 0.1) is 6.92 Å². The molecule has 3 heterocycles. The summed E-state index contributed by atoms with van der Waals surface area (Å²) < 4.78 is 13.0. The fourth-order valence-corrected chi connectivity index (χ4v) is 4.55. The van der Waals surface area contributed by atoms with Crippen LogP contribution in [0.3, 0.4) is 0 Å². The molecule has 27 heavy (non-hydrogen) atoms. The van der Waals surface area contributed by atoms with E-state index in [9.17, 15) is 0 Å². The summed E-state index contributed by atoms with van der Waals surface area (Å²) in [6, 6.07) is 12.1. The Balaban J connectivity index is 1.52. The molecule has 1 aromatic carbocycles. The zero-order valence-corrected chi connectivity index (χ0v) is 16.3. The topological polar surface area (TPSA) is 69.6 Å². The highest BCUT2D eigenvalue weighted by molar-refractivity contribution is 8.00. The van der Waals surface area contributed by atoms with Gasteiger partial charge in [0.05, 0.1) is 12.8 Å². The first kappa shape index (κ1) is 16.7. The van der Waals surface area contributed by atoms with Crippen molar-refractivity contribution >= 4 is 23.3 Å². The molecule has 4 aromatic rings. The average Bonchev–Trinajstić information content (AvgIpc) is 3.06. The van der Waals surface area contributed by atoms with Gasteiger partial charge in [0.25, 0.3) is 0 Å². The van der Waals surface area contributed by atoms with Crippen LogP contribution in [0.2, 0.25) is 0 Å². The Morgan fingerprint density at radius 1 is 1.19 bits per heavy atom. The van der Waals surface area contributed by atoms with Gasteiger partial charge < -0.3 is 4.42 Å². The Hall–Kier alpha value is -2.45. The third kappa shape index (κ3) is 3.42. The lowest BCUT2D eigenvalue weighted by molar-refractivity contribution is 0.485. The Kier molecular flexibility index (Phi) is 4.29. The zero-order chi connectivity index (χ0) is 18.2. The molecule has 6 nitrogen and oxygen atoms in total. The zero-order valence-electron chi connectivity index (χ0n) is 14.7. The van der Waals surface area contributed by atoms with Gasteiger partial charge in [-0.1, -0.05) is 24.3 Å². The molecule has 1 aliphatic rings. The number of aryl methyl sites for hydroxylation is 1. The van der Waals surface area contributed by atoms with E-state index in [0.29, 0.717) is 12.5 Å². The summed E-state index contributed by atoms with van der Waals surface area (Å²) in [6.45, 7) is 2.65. The van der Waals surface area contributed by atoms with E-state index in [4.69, 9.17) is 4.42 Å². The lowest BCUT2D eigenvalue weighted by Crippen LogP contribution is -2.04. The molecule has 5 rings (SSSR count). The maximum Gasteiger partial charge on any atom is 0.199 e. The van der Waals surface area contributed by atoms with E-state index in [-0.39, 0.29) is 0 Å². The maximum atomic E-state index is 5.57. The quantitative estimate of drug-likeness (QED) is 0.468. The number of benzene rings is 1. The largest absolute Gasteiger partial charge is 0.467 e. The highest BCUT2D eigenvalue weighted by Crippen LogP contribution is 2.40. The second-order valence-corrected chi connectivity index (χ2v) is 8.55. The number of hydrogen-bond donors (Lipinski definition) is 0. The van der Waals surface area contributed by atoms with Crippen LogP contribution in [0.25, 0.3) is 11.4 Å². The molecular formula is C19H17N5OS2. The molecule has 0 spiro atoms. The Morgan fingerprint density at radius 3 is 2.85 bits per heavy atom. The smallest absolute Gasteiger partial charge is 0.199 e. The van der Waals surface area contributed by atoms with Crippen LogP contribution >= 0.6 is 23.3 Å². The van der Waals surface area contributed by atoms with E-state index < -0.39 is 0 Å². The van der Waals surface area contributed by atoms with Crippen LogP contribution in [-0.4, -0.2) is 24.1 Å². The monoisotopic (exact) mass is 395 g/mol. The summed E-state index contributed by atoms with van der Waals surface area (Å²) in [5, 5.41) is 9.73. The Bertz CT molecular complexity index is 1070. The standard InChI is InChI=1S/C19H17N5OS2/c1-12-5-2-3-7-15(12)17-21-22-18(24(17)11-14-6-4-10-25-14)26-19-20-16(23-27-19)13-8-9-13/h2-7,10,13H,8-9,11H2,1H3. The molecule has 0 unspecified atom stereocenters. The molecule has 0 aliphatic heterocycles. The molecule has 3 aromatic heterocycles. The van der Waals surface area contributed by atoms with Crippen molar-refractivity contribution in [2.75, 3.05) is 0 Å². The van der Waals surface area contributed by atoms with Crippen LogP contribution in [0.15, 0.2) is 56.6 Å². The van der Waals surface area contributed by atoms with Gasteiger partial charge in [-0.2, -0.15) is 4.37 Å². The lowest BCUT2D eigenvalue weighted by Gasteiger charge is -2.09. The first-order valence-electron chi connectivity index (χ1n) is 8.81. The number of nitrogens with zero attached hydrogens (tertiary/aromatic N) is 5. The fourth-order valence-electron chi connectivity index (χ4n) is 2.94. The van der Waals surface area contributed by atoms with Gasteiger partial charge in [-0.25, -0.2) is 4.98 Å². The Morgan fingerprint density at radius 2 is 2.07 bits per heavy atom.